The third kappa shape index (κ3) is 0.592. The molecule has 2 rings (SSSR count). The Bertz CT molecular complexity index is 174. The molecule has 1 saturated carbocycles. The quantitative estimate of drug-likeness (QED) is 0.431. The van der Waals surface area contributed by atoms with Gasteiger partial charge in [0.15, 0.2) is 0 Å². The van der Waals surface area contributed by atoms with Crippen molar-refractivity contribution in [2.75, 3.05) is 0 Å². The van der Waals surface area contributed by atoms with Crippen LogP contribution in [0.2, 0.25) is 0 Å². The molecule has 0 saturated heterocycles. The van der Waals surface area contributed by atoms with E-state index in [0.717, 1.165) is 11.8 Å². The van der Waals surface area contributed by atoms with Gasteiger partial charge in [-0.3, -0.25) is 0 Å². The zero-order valence-corrected chi connectivity index (χ0v) is 5.80. The molecule has 2 unspecified atom stereocenters. The highest BCUT2D eigenvalue weighted by molar-refractivity contribution is 5.27. The van der Waals surface area contributed by atoms with Gasteiger partial charge in [0.25, 0.3) is 0 Å². The van der Waals surface area contributed by atoms with E-state index >= 15 is 0 Å². The lowest BCUT2D eigenvalue weighted by atomic mass is 9.71. The average molecular weight is 120 g/mol. The molecule has 0 N–H and O–H groups in total. The van der Waals surface area contributed by atoms with Gasteiger partial charge >= 0.3 is 0 Å². The minimum Gasteiger partial charge on any atom is -0.0881 e. The van der Waals surface area contributed by atoms with Gasteiger partial charge in [-0.25, -0.2) is 0 Å². The second kappa shape index (κ2) is 1.73. The summed E-state index contributed by atoms with van der Waals surface area (Å²) in [5.41, 5.74) is 1.69. The highest BCUT2D eigenvalue weighted by Gasteiger charge is 2.35. The van der Waals surface area contributed by atoms with Crippen molar-refractivity contribution in [1.29, 1.82) is 0 Å². The van der Waals surface area contributed by atoms with E-state index in [-0.39, 0.29) is 0 Å². The minimum atomic E-state index is 0.926. The predicted molar refractivity (Wildman–Crippen MR) is 39.1 cm³/mol. The van der Waals surface area contributed by atoms with E-state index in [1.807, 2.05) is 0 Å². The molecule has 0 aliphatic heterocycles. The standard InChI is InChI=1S/C9H12/c1-2-7-6-8-4-3-5-9(7)8/h2-4,8-9H,5-6H2,1H3. The molecule has 0 nitrogen and oxygen atoms in total. The van der Waals surface area contributed by atoms with Crippen LogP contribution in [0, 0.1) is 11.8 Å². The lowest BCUT2D eigenvalue weighted by molar-refractivity contribution is 0.365. The Morgan fingerprint density at radius 2 is 2.56 bits per heavy atom. The van der Waals surface area contributed by atoms with Crippen LogP contribution in [-0.2, 0) is 0 Å². The first kappa shape index (κ1) is 5.28. The van der Waals surface area contributed by atoms with Crippen molar-refractivity contribution in [2.45, 2.75) is 19.8 Å². The SMILES string of the molecule is CC=C1CC2C=CCC12. The van der Waals surface area contributed by atoms with Crippen LogP contribution in [0.1, 0.15) is 19.8 Å². The molecule has 0 aromatic carbocycles. The second-order valence-electron chi connectivity index (χ2n) is 3.00. The summed E-state index contributed by atoms with van der Waals surface area (Å²) in [5.74, 6) is 1.85. The van der Waals surface area contributed by atoms with Gasteiger partial charge in [-0.2, -0.15) is 0 Å². The molecule has 0 radical (unpaired) electrons. The van der Waals surface area contributed by atoms with Gasteiger partial charge in [0, 0.05) is 0 Å². The third-order valence-corrected chi connectivity index (χ3v) is 2.61. The fraction of sp³-hybridized carbons (Fsp3) is 0.556. The summed E-state index contributed by atoms with van der Waals surface area (Å²) < 4.78 is 0. The maximum atomic E-state index is 2.37. The van der Waals surface area contributed by atoms with Crippen LogP contribution in [0.15, 0.2) is 23.8 Å². The monoisotopic (exact) mass is 120 g/mol. The molecule has 2 aliphatic rings. The van der Waals surface area contributed by atoms with Crippen molar-refractivity contribution in [2.24, 2.45) is 11.8 Å². The van der Waals surface area contributed by atoms with E-state index in [9.17, 15) is 0 Å². The van der Waals surface area contributed by atoms with Gasteiger partial charge in [0.2, 0.25) is 0 Å². The Hall–Kier alpha value is -0.520. The second-order valence-corrected chi connectivity index (χ2v) is 3.00. The van der Waals surface area contributed by atoms with Crippen LogP contribution in [0.5, 0.6) is 0 Å². The topological polar surface area (TPSA) is 0 Å². The maximum Gasteiger partial charge on any atom is -0.0103 e. The summed E-state index contributed by atoms with van der Waals surface area (Å²) in [4.78, 5) is 0. The fourth-order valence-electron chi connectivity index (χ4n) is 1.94. The Balaban J connectivity index is 2.13. The zero-order chi connectivity index (χ0) is 6.27. The van der Waals surface area contributed by atoms with Gasteiger partial charge in [-0.1, -0.05) is 23.8 Å². The Morgan fingerprint density at radius 1 is 1.67 bits per heavy atom. The normalized spacial score (nSPS) is 43.0. The Morgan fingerprint density at radius 3 is 3.22 bits per heavy atom. The third-order valence-electron chi connectivity index (χ3n) is 2.61. The molecule has 0 aromatic heterocycles. The molecule has 1 fully saturated rings. The zero-order valence-electron chi connectivity index (χ0n) is 5.80. The molecule has 0 heterocycles. The van der Waals surface area contributed by atoms with E-state index in [1.54, 1.807) is 5.57 Å². The molecule has 0 heteroatoms. The molecule has 2 aliphatic carbocycles. The van der Waals surface area contributed by atoms with Crippen LogP contribution >= 0.6 is 0 Å². The van der Waals surface area contributed by atoms with Crippen LogP contribution in [0.25, 0.3) is 0 Å². The Labute approximate surface area is 56.3 Å². The van der Waals surface area contributed by atoms with Gasteiger partial charge in [-0.05, 0) is 31.6 Å². The Kier molecular flexibility index (Phi) is 1.01. The van der Waals surface area contributed by atoms with Crippen LogP contribution in [0.4, 0.5) is 0 Å². The summed E-state index contributed by atoms with van der Waals surface area (Å²) in [5, 5.41) is 0. The number of allylic oxidation sites excluding steroid dienone is 4. The first-order valence-corrected chi connectivity index (χ1v) is 3.73. The smallest absolute Gasteiger partial charge is 0.0103 e. The summed E-state index contributed by atoms with van der Waals surface area (Å²) in [6.07, 6.45) is 9.64. The van der Waals surface area contributed by atoms with E-state index in [1.165, 1.54) is 12.8 Å². The minimum absolute atomic E-state index is 0.926. The summed E-state index contributed by atoms with van der Waals surface area (Å²) in [6, 6.07) is 0. The molecule has 9 heavy (non-hydrogen) atoms. The highest BCUT2D eigenvalue weighted by atomic mass is 14.4. The van der Waals surface area contributed by atoms with E-state index in [2.05, 4.69) is 25.2 Å². The summed E-state index contributed by atoms with van der Waals surface area (Å²) >= 11 is 0. The average Bonchev–Trinajstić information content (AvgIpc) is 2.14. The highest BCUT2D eigenvalue weighted by Crippen LogP contribution is 2.46. The summed E-state index contributed by atoms with van der Waals surface area (Å²) in [7, 11) is 0. The molecule has 2 atom stereocenters. The number of hydrogen-bond acceptors (Lipinski definition) is 0. The molecule has 0 aromatic rings. The number of fused-ring (bicyclic) bond motifs is 1. The van der Waals surface area contributed by atoms with Crippen molar-refractivity contribution < 1.29 is 0 Å². The lowest BCUT2D eigenvalue weighted by Crippen LogP contribution is -2.23. The van der Waals surface area contributed by atoms with Gasteiger partial charge in [0.05, 0.1) is 0 Å². The van der Waals surface area contributed by atoms with Crippen LogP contribution in [-0.4, -0.2) is 0 Å². The van der Waals surface area contributed by atoms with Gasteiger partial charge < -0.3 is 0 Å². The van der Waals surface area contributed by atoms with E-state index in [4.69, 9.17) is 0 Å². The first-order chi connectivity index (χ1) is 4.42. The number of hydrogen-bond donors (Lipinski definition) is 0. The molecule has 0 spiro atoms. The summed E-state index contributed by atoms with van der Waals surface area (Å²) in [6.45, 7) is 2.16. The van der Waals surface area contributed by atoms with Crippen molar-refractivity contribution in [3.8, 4) is 0 Å². The predicted octanol–water partition coefficient (Wildman–Crippen LogP) is 2.53. The molecular formula is C9H12. The molecular weight excluding hydrogens is 108 g/mol. The largest absolute Gasteiger partial charge is 0.0881 e. The lowest BCUT2D eigenvalue weighted by Gasteiger charge is -2.33. The molecule has 48 valence electrons. The van der Waals surface area contributed by atoms with Crippen molar-refractivity contribution in [1.82, 2.24) is 0 Å². The fourth-order valence-corrected chi connectivity index (χ4v) is 1.94. The van der Waals surface area contributed by atoms with E-state index in [0.29, 0.717) is 0 Å². The van der Waals surface area contributed by atoms with E-state index < -0.39 is 0 Å². The maximum absolute atomic E-state index is 2.37. The number of rotatable bonds is 0. The van der Waals surface area contributed by atoms with Crippen molar-refractivity contribution in [3.63, 3.8) is 0 Å². The molecule has 0 bridgehead atoms. The van der Waals surface area contributed by atoms with Crippen molar-refractivity contribution >= 4 is 0 Å². The molecule has 0 amide bonds. The van der Waals surface area contributed by atoms with Crippen molar-refractivity contribution in [3.05, 3.63) is 23.8 Å². The van der Waals surface area contributed by atoms with Gasteiger partial charge in [-0.15, -0.1) is 0 Å². The van der Waals surface area contributed by atoms with Crippen LogP contribution < -0.4 is 0 Å². The van der Waals surface area contributed by atoms with Gasteiger partial charge in [0.1, 0.15) is 0 Å². The van der Waals surface area contributed by atoms with Crippen LogP contribution in [0.3, 0.4) is 0 Å². The first-order valence-electron chi connectivity index (χ1n) is 3.73.